The molecule has 0 radical (unpaired) electrons. The molecule has 106 valence electrons. The van der Waals surface area contributed by atoms with E-state index >= 15 is 0 Å². The van der Waals surface area contributed by atoms with Crippen molar-refractivity contribution in [3.63, 3.8) is 0 Å². The number of fused-ring (bicyclic) bond motifs is 1. The number of nitrogens with zero attached hydrogens (tertiary/aromatic N) is 1. The lowest BCUT2D eigenvalue weighted by Crippen LogP contribution is -1.99. The largest absolute Gasteiger partial charge is 0.253 e. The fourth-order valence-electron chi connectivity index (χ4n) is 2.28. The van der Waals surface area contributed by atoms with E-state index in [0.29, 0.717) is 16.5 Å². The summed E-state index contributed by atoms with van der Waals surface area (Å²) in [5.41, 5.74) is 2.74. The number of rotatable bonds is 3. The van der Waals surface area contributed by atoms with Crippen LogP contribution in [0.4, 0.5) is 0 Å². The van der Waals surface area contributed by atoms with E-state index < -0.39 is 0 Å². The van der Waals surface area contributed by atoms with E-state index in [4.69, 9.17) is 34.8 Å². The number of aromatic nitrogens is 1. The third kappa shape index (κ3) is 3.16. The molecule has 2 aromatic carbocycles. The van der Waals surface area contributed by atoms with Gasteiger partial charge in [0.05, 0.1) is 20.9 Å². The van der Waals surface area contributed by atoms with E-state index in [1.54, 1.807) is 6.07 Å². The Morgan fingerprint density at radius 2 is 1.71 bits per heavy atom. The zero-order chi connectivity index (χ0) is 14.8. The number of para-hydroxylation sites is 1. The average Bonchev–Trinajstić information content (AvgIpc) is 2.50. The molecule has 21 heavy (non-hydrogen) atoms. The van der Waals surface area contributed by atoms with Gasteiger partial charge in [0.1, 0.15) is 0 Å². The first kappa shape index (κ1) is 14.6. The van der Waals surface area contributed by atoms with Crippen LogP contribution in [0, 0.1) is 0 Å². The van der Waals surface area contributed by atoms with Gasteiger partial charge < -0.3 is 0 Å². The Hall–Kier alpha value is -1.28. The van der Waals surface area contributed by atoms with E-state index in [0.717, 1.165) is 22.2 Å². The first-order chi connectivity index (χ1) is 10.1. The van der Waals surface area contributed by atoms with Crippen LogP contribution in [0.1, 0.15) is 16.6 Å². The molecular weight excluding hydrogens is 325 g/mol. The first-order valence-electron chi connectivity index (χ1n) is 6.58. The molecule has 0 aliphatic carbocycles. The second-order valence-corrected chi connectivity index (χ2v) is 6.12. The van der Waals surface area contributed by atoms with Crippen LogP contribution in [0.25, 0.3) is 10.9 Å². The summed E-state index contributed by atoms with van der Waals surface area (Å²) in [5, 5.41) is 1.89. The quantitative estimate of drug-likeness (QED) is 0.529. The van der Waals surface area contributed by atoms with Crippen LogP contribution in [0.2, 0.25) is 10.0 Å². The molecule has 3 rings (SSSR count). The summed E-state index contributed by atoms with van der Waals surface area (Å²) in [6, 6.07) is 17.6. The van der Waals surface area contributed by atoms with Gasteiger partial charge in [-0.15, -0.1) is 11.6 Å². The number of hydrogen-bond donors (Lipinski definition) is 0. The monoisotopic (exact) mass is 335 g/mol. The summed E-state index contributed by atoms with van der Waals surface area (Å²) in [5.74, 6) is 0. The van der Waals surface area contributed by atoms with Crippen molar-refractivity contribution in [3.8, 4) is 0 Å². The maximum absolute atomic E-state index is 6.49. The molecule has 0 saturated heterocycles. The maximum Gasteiger partial charge on any atom is 0.0705 e. The van der Waals surface area contributed by atoms with Gasteiger partial charge in [-0.1, -0.05) is 59.6 Å². The Morgan fingerprint density at radius 1 is 0.905 bits per heavy atom. The van der Waals surface area contributed by atoms with E-state index in [-0.39, 0.29) is 5.38 Å². The maximum atomic E-state index is 6.49. The van der Waals surface area contributed by atoms with Gasteiger partial charge in [0.15, 0.2) is 0 Å². The fourth-order valence-corrected chi connectivity index (χ4v) is 3.11. The lowest BCUT2D eigenvalue weighted by Gasteiger charge is -2.12. The summed E-state index contributed by atoms with van der Waals surface area (Å²) < 4.78 is 0. The molecule has 0 aliphatic rings. The molecule has 1 atom stereocenters. The van der Waals surface area contributed by atoms with Crippen molar-refractivity contribution in [2.75, 3.05) is 0 Å². The van der Waals surface area contributed by atoms with Crippen LogP contribution in [0.3, 0.4) is 0 Å². The summed E-state index contributed by atoms with van der Waals surface area (Å²) in [6.07, 6.45) is 0.604. The fraction of sp³-hybridized carbons (Fsp3) is 0.118. The molecule has 0 N–H and O–H groups in total. The van der Waals surface area contributed by atoms with Crippen molar-refractivity contribution >= 4 is 45.7 Å². The second kappa shape index (κ2) is 6.23. The Bertz CT molecular complexity index is 786. The zero-order valence-corrected chi connectivity index (χ0v) is 13.3. The highest BCUT2D eigenvalue weighted by Crippen LogP contribution is 2.34. The van der Waals surface area contributed by atoms with Gasteiger partial charge in [0.25, 0.3) is 0 Å². The van der Waals surface area contributed by atoms with Crippen molar-refractivity contribution in [2.24, 2.45) is 0 Å². The molecule has 0 aliphatic heterocycles. The lowest BCUT2D eigenvalue weighted by atomic mass is 10.1. The molecule has 0 bridgehead atoms. The predicted molar refractivity (Wildman–Crippen MR) is 90.5 cm³/mol. The molecule has 1 heterocycles. The van der Waals surface area contributed by atoms with Gasteiger partial charge in [-0.3, -0.25) is 4.98 Å². The van der Waals surface area contributed by atoms with E-state index in [1.807, 2.05) is 42.5 Å². The average molecular weight is 337 g/mol. The van der Waals surface area contributed by atoms with E-state index in [9.17, 15) is 0 Å². The number of halogens is 3. The minimum atomic E-state index is -0.259. The van der Waals surface area contributed by atoms with Crippen LogP contribution >= 0.6 is 34.8 Å². The SMILES string of the molecule is Clc1cccc(C(Cl)Cc2ccc3ccccc3n2)c1Cl. The lowest BCUT2D eigenvalue weighted by molar-refractivity contribution is 0.888. The molecule has 0 amide bonds. The molecule has 1 unspecified atom stereocenters. The highest BCUT2D eigenvalue weighted by Gasteiger charge is 2.15. The third-order valence-corrected chi connectivity index (χ3v) is 4.59. The Morgan fingerprint density at radius 3 is 2.57 bits per heavy atom. The highest BCUT2D eigenvalue weighted by atomic mass is 35.5. The molecule has 0 fully saturated rings. The van der Waals surface area contributed by atoms with Crippen LogP contribution < -0.4 is 0 Å². The molecule has 1 aromatic heterocycles. The van der Waals surface area contributed by atoms with Crippen LogP contribution in [-0.2, 0) is 6.42 Å². The number of alkyl halides is 1. The predicted octanol–water partition coefficient (Wildman–Crippen LogP) is 6.06. The van der Waals surface area contributed by atoms with Crippen molar-refractivity contribution < 1.29 is 0 Å². The van der Waals surface area contributed by atoms with Gasteiger partial charge >= 0.3 is 0 Å². The van der Waals surface area contributed by atoms with E-state index in [2.05, 4.69) is 11.1 Å². The normalized spacial score (nSPS) is 12.5. The van der Waals surface area contributed by atoms with Crippen LogP contribution in [0.5, 0.6) is 0 Å². The molecule has 3 aromatic rings. The van der Waals surface area contributed by atoms with Gasteiger partial charge in [-0.2, -0.15) is 0 Å². The Labute approximate surface area is 138 Å². The molecule has 4 heteroatoms. The van der Waals surface area contributed by atoms with Crippen LogP contribution in [0.15, 0.2) is 54.6 Å². The van der Waals surface area contributed by atoms with Crippen molar-refractivity contribution in [1.82, 2.24) is 4.98 Å². The zero-order valence-electron chi connectivity index (χ0n) is 11.1. The minimum absolute atomic E-state index is 0.259. The minimum Gasteiger partial charge on any atom is -0.253 e. The number of benzene rings is 2. The molecular formula is C17H12Cl3N. The highest BCUT2D eigenvalue weighted by molar-refractivity contribution is 6.43. The first-order valence-corrected chi connectivity index (χ1v) is 7.77. The number of pyridine rings is 1. The van der Waals surface area contributed by atoms with Crippen molar-refractivity contribution in [3.05, 3.63) is 75.9 Å². The van der Waals surface area contributed by atoms with Gasteiger partial charge in [0, 0.05) is 17.5 Å². The third-order valence-electron chi connectivity index (χ3n) is 3.36. The van der Waals surface area contributed by atoms with Gasteiger partial charge in [-0.25, -0.2) is 0 Å². The summed E-state index contributed by atoms with van der Waals surface area (Å²) in [7, 11) is 0. The standard InChI is InChI=1S/C17H12Cl3N/c18-14-6-3-5-13(17(14)20)15(19)10-12-9-8-11-4-1-2-7-16(11)21-12/h1-9,15H,10H2. The summed E-state index contributed by atoms with van der Waals surface area (Å²) in [6.45, 7) is 0. The molecule has 0 spiro atoms. The van der Waals surface area contributed by atoms with Crippen molar-refractivity contribution in [1.29, 1.82) is 0 Å². The molecule has 0 saturated carbocycles. The van der Waals surface area contributed by atoms with Gasteiger partial charge in [-0.05, 0) is 23.8 Å². The molecule has 1 nitrogen and oxygen atoms in total. The van der Waals surface area contributed by atoms with Crippen molar-refractivity contribution in [2.45, 2.75) is 11.8 Å². The number of hydrogen-bond acceptors (Lipinski definition) is 1. The van der Waals surface area contributed by atoms with Gasteiger partial charge in [0.2, 0.25) is 0 Å². The Balaban J connectivity index is 1.89. The summed E-state index contributed by atoms with van der Waals surface area (Å²) >= 11 is 18.7. The summed E-state index contributed by atoms with van der Waals surface area (Å²) in [4.78, 5) is 4.63. The van der Waals surface area contributed by atoms with Crippen LogP contribution in [-0.4, -0.2) is 4.98 Å². The Kier molecular flexibility index (Phi) is 4.34. The second-order valence-electron chi connectivity index (χ2n) is 4.81. The topological polar surface area (TPSA) is 12.9 Å². The smallest absolute Gasteiger partial charge is 0.0705 e. The van der Waals surface area contributed by atoms with E-state index in [1.165, 1.54) is 0 Å².